The molecule has 0 rings (SSSR count). The van der Waals surface area contributed by atoms with E-state index in [0.717, 1.165) is 13.0 Å². The molecule has 0 aliphatic carbocycles. The fourth-order valence-corrected chi connectivity index (χ4v) is 2.49. The van der Waals surface area contributed by atoms with Crippen LogP contribution in [0.1, 0.15) is 71.1 Å². The smallest absolute Gasteiger partial charge is 0.379 e. The molecule has 0 unspecified atom stereocenters. The van der Waals surface area contributed by atoms with Crippen LogP contribution in [0.5, 0.6) is 0 Å². The summed E-state index contributed by atoms with van der Waals surface area (Å²) in [7, 11) is -4.36. The first-order valence-corrected chi connectivity index (χ1v) is 10.2. The molecular formula is C16H34NaO6S. The second-order valence-electron chi connectivity index (χ2n) is 5.66. The van der Waals surface area contributed by atoms with Crippen LogP contribution in [-0.2, 0) is 24.1 Å². The zero-order valence-electron chi connectivity index (χ0n) is 15.5. The molecule has 0 spiro atoms. The van der Waals surface area contributed by atoms with E-state index in [9.17, 15) is 8.42 Å². The molecular weight excluding hydrogens is 343 g/mol. The molecule has 0 amide bonds. The van der Waals surface area contributed by atoms with E-state index in [-0.39, 0.29) is 42.8 Å². The maximum absolute atomic E-state index is 10.2. The van der Waals surface area contributed by atoms with Crippen molar-refractivity contribution in [3.63, 3.8) is 0 Å². The molecule has 0 aromatic heterocycles. The van der Waals surface area contributed by atoms with Crippen molar-refractivity contribution in [1.82, 2.24) is 0 Å². The molecule has 6 nitrogen and oxygen atoms in total. The normalized spacial score (nSPS) is 11.4. The first-order chi connectivity index (χ1) is 11.1. The molecule has 8 heteroatoms. The van der Waals surface area contributed by atoms with E-state index in [1.807, 2.05) is 0 Å². The van der Waals surface area contributed by atoms with Gasteiger partial charge in [0.25, 0.3) is 0 Å². The van der Waals surface area contributed by atoms with Crippen molar-refractivity contribution in [1.29, 1.82) is 0 Å². The van der Waals surface area contributed by atoms with E-state index in [0.29, 0.717) is 13.2 Å². The molecule has 1 N–H and O–H groups in total. The SMILES string of the molecule is CCCCCCCCCCCCOCCOCCOS(=O)(=O)O.[Na]. The molecule has 0 aliphatic heterocycles. The molecule has 0 bridgehead atoms. The van der Waals surface area contributed by atoms with Crippen molar-refractivity contribution in [3.05, 3.63) is 0 Å². The number of rotatable bonds is 18. The van der Waals surface area contributed by atoms with Gasteiger partial charge in [-0.1, -0.05) is 64.7 Å². The molecule has 0 saturated carbocycles. The maximum atomic E-state index is 10.2. The summed E-state index contributed by atoms with van der Waals surface area (Å²) in [5, 5.41) is 0. The van der Waals surface area contributed by atoms with Gasteiger partial charge in [0.1, 0.15) is 0 Å². The van der Waals surface area contributed by atoms with Gasteiger partial charge in [-0.25, -0.2) is 4.18 Å². The van der Waals surface area contributed by atoms with Gasteiger partial charge in [0, 0.05) is 36.2 Å². The Morgan fingerprint density at radius 2 is 1.08 bits per heavy atom. The van der Waals surface area contributed by atoms with Crippen LogP contribution in [0.3, 0.4) is 0 Å². The predicted molar refractivity (Wildman–Crippen MR) is 96.7 cm³/mol. The fourth-order valence-electron chi connectivity index (χ4n) is 2.21. The van der Waals surface area contributed by atoms with E-state index in [4.69, 9.17) is 14.0 Å². The van der Waals surface area contributed by atoms with Crippen LogP contribution in [0.4, 0.5) is 0 Å². The third-order valence-electron chi connectivity index (χ3n) is 3.47. The monoisotopic (exact) mass is 377 g/mol. The van der Waals surface area contributed by atoms with Crippen LogP contribution in [-0.4, -0.2) is 75.6 Å². The number of unbranched alkanes of at least 4 members (excludes halogenated alkanes) is 9. The average molecular weight is 377 g/mol. The first-order valence-electron chi connectivity index (χ1n) is 8.83. The van der Waals surface area contributed by atoms with Gasteiger partial charge in [0.2, 0.25) is 0 Å². The third kappa shape index (κ3) is 25.0. The van der Waals surface area contributed by atoms with Gasteiger partial charge in [0.05, 0.1) is 26.4 Å². The molecule has 0 heterocycles. The molecule has 0 atom stereocenters. The number of hydrogen-bond donors (Lipinski definition) is 1. The van der Waals surface area contributed by atoms with Crippen molar-refractivity contribution in [3.8, 4) is 0 Å². The summed E-state index contributed by atoms with van der Waals surface area (Å²) >= 11 is 0. The summed E-state index contributed by atoms with van der Waals surface area (Å²) in [5.74, 6) is 0. The number of ether oxygens (including phenoxy) is 2. The summed E-state index contributed by atoms with van der Waals surface area (Å²) in [5.41, 5.74) is 0. The van der Waals surface area contributed by atoms with Gasteiger partial charge in [-0.05, 0) is 6.42 Å². The molecule has 0 aromatic carbocycles. The Bertz CT molecular complexity index is 337. The van der Waals surface area contributed by atoms with Gasteiger partial charge in [-0.3, -0.25) is 4.55 Å². The van der Waals surface area contributed by atoms with E-state index >= 15 is 0 Å². The summed E-state index contributed by atoms with van der Waals surface area (Å²) in [4.78, 5) is 0. The van der Waals surface area contributed by atoms with Crippen LogP contribution in [0.15, 0.2) is 0 Å². The largest absolute Gasteiger partial charge is 0.397 e. The van der Waals surface area contributed by atoms with Crippen molar-refractivity contribution in [2.24, 2.45) is 0 Å². The predicted octanol–water partition coefficient (Wildman–Crippen LogP) is 3.38. The Balaban J connectivity index is 0. The summed E-state index contributed by atoms with van der Waals surface area (Å²) in [6.07, 6.45) is 13.0. The van der Waals surface area contributed by atoms with E-state index in [1.165, 1.54) is 57.8 Å². The Kier molecular flexibility index (Phi) is 22.6. The van der Waals surface area contributed by atoms with Crippen LogP contribution >= 0.6 is 0 Å². The van der Waals surface area contributed by atoms with Crippen molar-refractivity contribution < 1.29 is 26.6 Å². The average Bonchev–Trinajstić information content (AvgIpc) is 2.49. The van der Waals surface area contributed by atoms with Crippen molar-refractivity contribution in [2.75, 3.05) is 33.0 Å². The minimum atomic E-state index is -4.36. The zero-order valence-corrected chi connectivity index (χ0v) is 18.3. The van der Waals surface area contributed by atoms with Gasteiger partial charge < -0.3 is 9.47 Å². The molecule has 0 aromatic rings. The molecule has 0 fully saturated rings. The van der Waals surface area contributed by atoms with Crippen molar-refractivity contribution >= 4 is 40.0 Å². The van der Waals surface area contributed by atoms with Crippen LogP contribution < -0.4 is 0 Å². The Hall–Kier alpha value is 0.790. The second kappa shape index (κ2) is 20.1. The molecule has 1 radical (unpaired) electrons. The molecule has 141 valence electrons. The molecule has 0 aliphatic rings. The Morgan fingerprint density at radius 3 is 1.58 bits per heavy atom. The van der Waals surface area contributed by atoms with E-state index < -0.39 is 10.4 Å². The van der Waals surface area contributed by atoms with Gasteiger partial charge in [-0.2, -0.15) is 8.42 Å². The summed E-state index contributed by atoms with van der Waals surface area (Å²) in [6, 6.07) is 0. The summed E-state index contributed by atoms with van der Waals surface area (Å²) in [6.45, 7) is 3.79. The van der Waals surface area contributed by atoms with E-state index in [2.05, 4.69) is 11.1 Å². The Labute approximate surface area is 170 Å². The standard InChI is InChI=1S/C16H34O6S.Na/c1-2-3-4-5-6-7-8-9-10-11-12-20-13-14-21-15-16-22-23(17,18)19;/h2-16H2,1H3,(H,17,18,19);. The molecule has 0 saturated heterocycles. The fraction of sp³-hybridized carbons (Fsp3) is 1.00. The van der Waals surface area contributed by atoms with Gasteiger partial charge in [-0.15, -0.1) is 0 Å². The van der Waals surface area contributed by atoms with Gasteiger partial charge >= 0.3 is 10.4 Å². The zero-order chi connectivity index (χ0) is 17.2. The van der Waals surface area contributed by atoms with Gasteiger partial charge in [0.15, 0.2) is 0 Å². The second-order valence-corrected chi connectivity index (χ2v) is 6.75. The molecule has 24 heavy (non-hydrogen) atoms. The Morgan fingerprint density at radius 1 is 0.667 bits per heavy atom. The number of hydrogen-bond acceptors (Lipinski definition) is 5. The maximum Gasteiger partial charge on any atom is 0.397 e. The van der Waals surface area contributed by atoms with Crippen LogP contribution in [0.25, 0.3) is 0 Å². The van der Waals surface area contributed by atoms with Crippen molar-refractivity contribution in [2.45, 2.75) is 71.1 Å². The quantitative estimate of drug-likeness (QED) is 0.224. The minimum absolute atomic E-state index is 0. The topological polar surface area (TPSA) is 82.1 Å². The summed E-state index contributed by atoms with van der Waals surface area (Å²) < 4.78 is 43.4. The minimum Gasteiger partial charge on any atom is -0.379 e. The third-order valence-corrected chi connectivity index (χ3v) is 3.94. The van der Waals surface area contributed by atoms with Crippen LogP contribution in [0, 0.1) is 0 Å². The first kappa shape index (κ1) is 27.0. The van der Waals surface area contributed by atoms with Crippen LogP contribution in [0.2, 0.25) is 0 Å². The van der Waals surface area contributed by atoms with E-state index in [1.54, 1.807) is 0 Å².